The van der Waals surface area contributed by atoms with Gasteiger partial charge >= 0.3 is 12.6 Å². The lowest BCUT2D eigenvalue weighted by Gasteiger charge is -2.34. The number of urea groups is 1. The molecular weight excluding hydrogens is 548 g/mol. The molecule has 2 aromatic heterocycles. The molecular formula is C25H29F2N7O5S. The highest BCUT2D eigenvalue weighted by molar-refractivity contribution is 7.92. The Bertz CT molecular complexity index is 1480. The van der Waals surface area contributed by atoms with Gasteiger partial charge in [-0.15, -0.1) is 0 Å². The largest absolute Gasteiger partial charge is 0.395 e. The second kappa shape index (κ2) is 11.1. The molecule has 2 fully saturated rings. The number of carbonyl (C=O) groups is 1. The summed E-state index contributed by atoms with van der Waals surface area (Å²) >= 11 is 0. The highest BCUT2D eigenvalue weighted by Crippen LogP contribution is 2.55. The van der Waals surface area contributed by atoms with Gasteiger partial charge < -0.3 is 25.4 Å². The third kappa shape index (κ3) is 5.36. The lowest BCUT2D eigenvalue weighted by Crippen LogP contribution is -2.44. The number of hydrogen-bond acceptors (Lipinski definition) is 9. The Morgan fingerprint density at radius 3 is 2.62 bits per heavy atom. The summed E-state index contributed by atoms with van der Waals surface area (Å²) in [7, 11) is -4.10. The van der Waals surface area contributed by atoms with Gasteiger partial charge in [-0.05, 0) is 44.0 Å². The number of hydrogen-bond donors (Lipinski definition) is 3. The Labute approximate surface area is 229 Å². The van der Waals surface area contributed by atoms with Crippen LogP contribution in [0.5, 0.6) is 0 Å². The first kappa shape index (κ1) is 27.9. The third-order valence-electron chi connectivity index (χ3n) is 6.95. The number of morpholine rings is 1. The summed E-state index contributed by atoms with van der Waals surface area (Å²) in [6.07, 6.45) is 2.33. The van der Waals surface area contributed by atoms with Crippen molar-refractivity contribution in [3.8, 4) is 11.4 Å². The van der Waals surface area contributed by atoms with Crippen molar-refractivity contribution in [3.63, 3.8) is 0 Å². The molecule has 5 rings (SSSR count). The first-order valence-corrected chi connectivity index (χ1v) is 14.2. The van der Waals surface area contributed by atoms with Crippen molar-refractivity contribution >= 4 is 27.4 Å². The van der Waals surface area contributed by atoms with E-state index in [-0.39, 0.29) is 48.4 Å². The standard InChI is InChI=1S/C25H29F2N7O5S/c1-16-15-39-11-9-33(16)21-12-20(25(6-7-25)40(37,38)19-13-29-34(14-19)23(26)27)31-22(32-21)17-2-4-18(5-3-17)30-24(36)28-8-10-35/h2-5,12-14,16,23,35H,6-11,15H2,1H3,(H2,28,30,36)/t16-/m0/s1. The van der Waals surface area contributed by atoms with Gasteiger partial charge in [-0.2, -0.15) is 13.9 Å². The number of nitrogens with zero attached hydrogens (tertiary/aromatic N) is 5. The van der Waals surface area contributed by atoms with Gasteiger partial charge in [-0.25, -0.2) is 27.9 Å². The van der Waals surface area contributed by atoms with Gasteiger partial charge in [-0.1, -0.05) is 0 Å². The monoisotopic (exact) mass is 577 g/mol. The number of amides is 2. The Hall–Kier alpha value is -3.69. The summed E-state index contributed by atoms with van der Waals surface area (Å²) in [6, 6.07) is 7.88. The van der Waals surface area contributed by atoms with Crippen molar-refractivity contribution in [2.75, 3.05) is 43.1 Å². The van der Waals surface area contributed by atoms with Gasteiger partial charge in [0, 0.05) is 36.6 Å². The topological polar surface area (TPSA) is 152 Å². The molecule has 1 saturated carbocycles. The fourth-order valence-corrected chi connectivity index (χ4v) is 6.53. The number of alkyl halides is 2. The van der Waals surface area contributed by atoms with Crippen molar-refractivity contribution in [2.24, 2.45) is 0 Å². The van der Waals surface area contributed by atoms with Gasteiger partial charge in [0.1, 0.15) is 15.5 Å². The molecule has 3 N–H and O–H groups in total. The van der Waals surface area contributed by atoms with Crippen molar-refractivity contribution < 1.29 is 31.8 Å². The zero-order chi connectivity index (χ0) is 28.5. The van der Waals surface area contributed by atoms with Crippen LogP contribution in [-0.4, -0.2) is 78.3 Å². The molecule has 2 aliphatic rings. The van der Waals surface area contributed by atoms with Crippen LogP contribution >= 0.6 is 0 Å². The number of nitrogens with one attached hydrogen (secondary N) is 2. The van der Waals surface area contributed by atoms with Crippen molar-refractivity contribution in [2.45, 2.75) is 42.0 Å². The van der Waals surface area contributed by atoms with Crippen LogP contribution in [0.3, 0.4) is 0 Å². The average molecular weight is 578 g/mol. The number of benzene rings is 1. The van der Waals surface area contributed by atoms with Crippen molar-refractivity contribution in [1.29, 1.82) is 0 Å². The van der Waals surface area contributed by atoms with Crippen LogP contribution in [0.4, 0.5) is 25.1 Å². The number of anilines is 2. The highest BCUT2D eigenvalue weighted by atomic mass is 32.2. The zero-order valence-corrected chi connectivity index (χ0v) is 22.4. The highest BCUT2D eigenvalue weighted by Gasteiger charge is 2.58. The molecule has 2 amide bonds. The van der Waals surface area contributed by atoms with E-state index in [1.807, 2.05) is 11.8 Å². The second-order valence-electron chi connectivity index (χ2n) is 9.67. The first-order chi connectivity index (χ1) is 19.1. The smallest absolute Gasteiger partial charge is 0.333 e. The lowest BCUT2D eigenvalue weighted by molar-refractivity contribution is 0.0563. The normalized spacial score (nSPS) is 18.5. The molecule has 0 radical (unpaired) electrons. The van der Waals surface area contributed by atoms with E-state index >= 15 is 0 Å². The number of aromatic nitrogens is 4. The molecule has 15 heteroatoms. The van der Waals surface area contributed by atoms with Gasteiger partial charge in [0.05, 0.1) is 37.8 Å². The predicted octanol–water partition coefficient (Wildman–Crippen LogP) is 2.54. The van der Waals surface area contributed by atoms with Gasteiger partial charge in [0.2, 0.25) is 0 Å². The Balaban J connectivity index is 1.53. The molecule has 214 valence electrons. The molecule has 3 heterocycles. The molecule has 1 aliphatic carbocycles. The first-order valence-electron chi connectivity index (χ1n) is 12.7. The van der Waals surface area contributed by atoms with E-state index in [0.29, 0.717) is 41.5 Å². The minimum absolute atomic E-state index is 0.0237. The van der Waals surface area contributed by atoms with E-state index in [1.165, 1.54) is 0 Å². The van der Waals surface area contributed by atoms with E-state index in [2.05, 4.69) is 20.7 Å². The fraction of sp³-hybridized carbons (Fsp3) is 0.440. The summed E-state index contributed by atoms with van der Waals surface area (Å²) in [4.78, 5) is 23.1. The molecule has 40 heavy (non-hydrogen) atoms. The minimum atomic E-state index is -4.10. The quantitative estimate of drug-likeness (QED) is 0.348. The molecule has 0 unspecified atom stereocenters. The molecule has 1 aromatic carbocycles. The third-order valence-corrected chi connectivity index (χ3v) is 9.42. The Kier molecular flexibility index (Phi) is 7.70. The van der Waals surface area contributed by atoms with E-state index < -0.39 is 27.2 Å². The maximum absolute atomic E-state index is 13.7. The fourth-order valence-electron chi connectivity index (χ4n) is 4.63. The number of aliphatic hydroxyl groups is 1. The van der Waals surface area contributed by atoms with Crippen LogP contribution in [0.25, 0.3) is 11.4 Å². The van der Waals surface area contributed by atoms with E-state index in [1.54, 1.807) is 30.3 Å². The maximum Gasteiger partial charge on any atom is 0.333 e. The summed E-state index contributed by atoms with van der Waals surface area (Å²) in [6.45, 7) is 0.445. The number of ether oxygens (including phenoxy) is 1. The molecule has 1 atom stereocenters. The van der Waals surface area contributed by atoms with Crippen LogP contribution in [0.2, 0.25) is 0 Å². The van der Waals surface area contributed by atoms with Gasteiger partial charge in [-0.3, -0.25) is 0 Å². The molecule has 3 aromatic rings. The van der Waals surface area contributed by atoms with E-state index in [4.69, 9.17) is 14.8 Å². The minimum Gasteiger partial charge on any atom is -0.395 e. The molecule has 1 aliphatic heterocycles. The number of rotatable bonds is 9. The molecule has 12 nitrogen and oxygen atoms in total. The summed E-state index contributed by atoms with van der Waals surface area (Å²) in [5.41, 5.74) is 1.36. The number of sulfone groups is 1. The SMILES string of the molecule is C[C@H]1COCCN1c1cc(C2(S(=O)(=O)c3cnn(C(F)F)c3)CC2)nc(-c2ccc(NC(=O)NCCO)cc2)n1. The molecule has 0 bridgehead atoms. The van der Waals surface area contributed by atoms with Gasteiger partial charge in [0.15, 0.2) is 15.7 Å². The van der Waals surface area contributed by atoms with E-state index in [0.717, 1.165) is 12.4 Å². The predicted molar refractivity (Wildman–Crippen MR) is 141 cm³/mol. The molecule has 0 spiro atoms. The lowest BCUT2D eigenvalue weighted by atomic mass is 10.1. The summed E-state index contributed by atoms with van der Waals surface area (Å²) in [5, 5.41) is 17.5. The van der Waals surface area contributed by atoms with Crippen LogP contribution in [-0.2, 0) is 19.3 Å². The van der Waals surface area contributed by atoms with Crippen molar-refractivity contribution in [1.82, 2.24) is 25.1 Å². The van der Waals surface area contributed by atoms with Crippen LogP contribution in [0.15, 0.2) is 47.6 Å². The Morgan fingerprint density at radius 1 is 1.25 bits per heavy atom. The van der Waals surface area contributed by atoms with Crippen LogP contribution < -0.4 is 15.5 Å². The average Bonchev–Trinajstić information content (AvgIpc) is 3.61. The summed E-state index contributed by atoms with van der Waals surface area (Å²) in [5.74, 6) is 0.818. The zero-order valence-electron chi connectivity index (χ0n) is 21.6. The van der Waals surface area contributed by atoms with E-state index in [9.17, 15) is 22.0 Å². The maximum atomic E-state index is 13.7. The van der Waals surface area contributed by atoms with Gasteiger partial charge in [0.25, 0.3) is 0 Å². The summed E-state index contributed by atoms with van der Waals surface area (Å²) < 4.78 is 58.2. The van der Waals surface area contributed by atoms with Crippen LogP contribution in [0, 0.1) is 0 Å². The molecule has 1 saturated heterocycles. The number of halogens is 2. The van der Waals surface area contributed by atoms with Crippen molar-refractivity contribution in [3.05, 3.63) is 48.4 Å². The number of aliphatic hydroxyl groups excluding tert-OH is 1. The Morgan fingerprint density at radius 2 is 2.00 bits per heavy atom. The number of carbonyl (C=O) groups excluding carboxylic acids is 1. The second-order valence-corrected chi connectivity index (χ2v) is 11.9. The van der Waals surface area contributed by atoms with Crippen LogP contribution in [0.1, 0.15) is 32.0 Å².